The maximum absolute atomic E-state index is 13.5. The molecule has 0 amide bonds. The quantitative estimate of drug-likeness (QED) is 0.500. The van der Waals surface area contributed by atoms with E-state index in [9.17, 15) is 9.18 Å². The summed E-state index contributed by atoms with van der Waals surface area (Å²) in [5.74, 6) is -0.404. The molecule has 0 radical (unpaired) electrons. The third-order valence-electron chi connectivity index (χ3n) is 4.13. The largest absolute Gasteiger partial charge is 0.343 e. The Hall–Kier alpha value is -3.01. The van der Waals surface area contributed by atoms with Crippen LogP contribution in [0.4, 0.5) is 4.39 Å². The Labute approximate surface area is 131 Å². The average molecular weight is 304 g/mol. The fourth-order valence-electron chi connectivity index (χ4n) is 2.95. The Morgan fingerprint density at radius 2 is 1.83 bits per heavy atom. The Morgan fingerprint density at radius 3 is 2.61 bits per heavy atom. The van der Waals surface area contributed by atoms with Crippen molar-refractivity contribution in [1.82, 2.24) is 9.55 Å². The molecule has 2 aromatic carbocycles. The lowest BCUT2D eigenvalue weighted by Crippen LogP contribution is -2.09. The minimum absolute atomic E-state index is 0.153. The minimum Gasteiger partial charge on any atom is -0.343 e. The fourth-order valence-corrected chi connectivity index (χ4v) is 2.95. The number of pyridine rings is 2. The number of fused-ring (bicyclic) bond motifs is 2. The van der Waals surface area contributed by atoms with Gasteiger partial charge in [0.2, 0.25) is 0 Å². The van der Waals surface area contributed by atoms with Crippen molar-refractivity contribution in [2.24, 2.45) is 7.05 Å². The number of nitrogens with zero attached hydrogens (tertiary/aromatic N) is 2. The van der Waals surface area contributed by atoms with E-state index in [0.717, 1.165) is 16.8 Å². The molecule has 0 aliphatic rings. The van der Waals surface area contributed by atoms with Gasteiger partial charge in [-0.05, 0) is 42.5 Å². The molecule has 0 bridgehead atoms. The van der Waals surface area contributed by atoms with Crippen LogP contribution in [-0.2, 0) is 7.05 Å². The topological polar surface area (TPSA) is 34.9 Å². The first-order valence-electron chi connectivity index (χ1n) is 7.28. The van der Waals surface area contributed by atoms with Gasteiger partial charge in [-0.1, -0.05) is 12.1 Å². The number of aryl methyl sites for hydroxylation is 1. The molecule has 112 valence electrons. The maximum Gasteiger partial charge on any atom is 0.197 e. The monoisotopic (exact) mass is 304 g/mol. The van der Waals surface area contributed by atoms with Crippen LogP contribution in [0.2, 0.25) is 0 Å². The van der Waals surface area contributed by atoms with Crippen molar-refractivity contribution in [1.29, 1.82) is 0 Å². The standard InChI is InChI=1S/C19H13FN2O/c1-22-17-8-6-13(20)11-15(17)19(23)14-7-5-12(10-18(14)22)16-4-2-3-9-21-16/h2-11H,1H3. The van der Waals surface area contributed by atoms with Crippen molar-refractivity contribution in [3.8, 4) is 11.3 Å². The normalized spacial score (nSPS) is 11.2. The first kappa shape index (κ1) is 13.6. The van der Waals surface area contributed by atoms with Crippen LogP contribution in [0.15, 0.2) is 65.6 Å². The molecule has 0 unspecified atom stereocenters. The Kier molecular flexibility index (Phi) is 2.98. The molecule has 0 saturated carbocycles. The van der Waals surface area contributed by atoms with Gasteiger partial charge >= 0.3 is 0 Å². The van der Waals surface area contributed by atoms with Gasteiger partial charge in [-0.25, -0.2) is 4.39 Å². The summed E-state index contributed by atoms with van der Waals surface area (Å²) < 4.78 is 15.4. The summed E-state index contributed by atoms with van der Waals surface area (Å²) in [4.78, 5) is 17.0. The van der Waals surface area contributed by atoms with Gasteiger partial charge in [0, 0.05) is 29.6 Å². The smallest absolute Gasteiger partial charge is 0.197 e. The number of aromatic nitrogens is 2. The molecule has 2 aromatic heterocycles. The van der Waals surface area contributed by atoms with Crippen molar-refractivity contribution in [2.45, 2.75) is 0 Å². The molecule has 3 nitrogen and oxygen atoms in total. The summed E-state index contributed by atoms with van der Waals surface area (Å²) in [5.41, 5.74) is 3.15. The second-order valence-corrected chi connectivity index (χ2v) is 5.50. The summed E-state index contributed by atoms with van der Waals surface area (Å²) in [7, 11) is 1.88. The van der Waals surface area contributed by atoms with E-state index in [1.165, 1.54) is 12.1 Å². The number of hydrogen-bond donors (Lipinski definition) is 0. The molecule has 4 rings (SSSR count). The maximum atomic E-state index is 13.5. The lowest BCUT2D eigenvalue weighted by Gasteiger charge is -2.11. The van der Waals surface area contributed by atoms with E-state index in [0.29, 0.717) is 16.3 Å². The van der Waals surface area contributed by atoms with Crippen LogP contribution in [0.25, 0.3) is 33.1 Å². The van der Waals surface area contributed by atoms with E-state index < -0.39 is 5.82 Å². The highest BCUT2D eigenvalue weighted by Crippen LogP contribution is 2.24. The van der Waals surface area contributed by atoms with E-state index in [4.69, 9.17) is 0 Å². The molecule has 4 aromatic rings. The molecular formula is C19H13FN2O. The lowest BCUT2D eigenvalue weighted by atomic mass is 10.0. The first-order chi connectivity index (χ1) is 11.1. The third kappa shape index (κ3) is 2.11. The van der Waals surface area contributed by atoms with E-state index in [1.807, 2.05) is 41.9 Å². The van der Waals surface area contributed by atoms with Crippen LogP contribution in [0.1, 0.15) is 0 Å². The van der Waals surface area contributed by atoms with Crippen LogP contribution in [0.3, 0.4) is 0 Å². The van der Waals surface area contributed by atoms with Gasteiger partial charge in [-0.15, -0.1) is 0 Å². The van der Waals surface area contributed by atoms with Gasteiger partial charge in [0.15, 0.2) is 5.43 Å². The SMILES string of the molecule is Cn1c2ccc(F)cc2c(=O)c2ccc(-c3ccccn3)cc21. The zero-order chi connectivity index (χ0) is 16.0. The number of benzene rings is 2. The number of hydrogen-bond acceptors (Lipinski definition) is 2. The molecule has 0 spiro atoms. The van der Waals surface area contributed by atoms with Crippen LogP contribution in [-0.4, -0.2) is 9.55 Å². The summed E-state index contributed by atoms with van der Waals surface area (Å²) >= 11 is 0. The van der Waals surface area contributed by atoms with Crippen LogP contribution >= 0.6 is 0 Å². The van der Waals surface area contributed by atoms with Crippen molar-refractivity contribution < 1.29 is 4.39 Å². The zero-order valence-electron chi connectivity index (χ0n) is 12.5. The van der Waals surface area contributed by atoms with Gasteiger partial charge in [-0.3, -0.25) is 9.78 Å². The van der Waals surface area contributed by atoms with Crippen molar-refractivity contribution >= 4 is 21.8 Å². The second-order valence-electron chi connectivity index (χ2n) is 5.50. The highest BCUT2D eigenvalue weighted by molar-refractivity contribution is 5.95. The third-order valence-corrected chi connectivity index (χ3v) is 4.13. The Bertz CT molecular complexity index is 1100. The Morgan fingerprint density at radius 1 is 0.957 bits per heavy atom. The molecule has 0 saturated heterocycles. The summed E-state index contributed by atoms with van der Waals surface area (Å²) in [6.45, 7) is 0. The van der Waals surface area contributed by atoms with E-state index in [-0.39, 0.29) is 5.43 Å². The average Bonchev–Trinajstić information content (AvgIpc) is 2.60. The predicted molar refractivity (Wildman–Crippen MR) is 89.9 cm³/mol. The van der Waals surface area contributed by atoms with E-state index in [1.54, 1.807) is 18.3 Å². The molecule has 0 aliphatic carbocycles. The van der Waals surface area contributed by atoms with Crippen molar-refractivity contribution in [3.05, 3.63) is 76.8 Å². The molecule has 0 aliphatic heterocycles. The number of rotatable bonds is 1. The lowest BCUT2D eigenvalue weighted by molar-refractivity contribution is 0.629. The molecule has 23 heavy (non-hydrogen) atoms. The zero-order valence-corrected chi connectivity index (χ0v) is 12.5. The predicted octanol–water partition coefficient (Wildman–Crippen LogP) is 3.89. The van der Waals surface area contributed by atoms with Gasteiger partial charge < -0.3 is 4.57 Å². The summed E-state index contributed by atoms with van der Waals surface area (Å²) in [6, 6.07) is 15.6. The molecular weight excluding hydrogens is 291 g/mol. The van der Waals surface area contributed by atoms with E-state index >= 15 is 0 Å². The highest BCUT2D eigenvalue weighted by Gasteiger charge is 2.11. The van der Waals surface area contributed by atoms with Gasteiger partial charge in [0.05, 0.1) is 16.7 Å². The van der Waals surface area contributed by atoms with Crippen molar-refractivity contribution in [2.75, 3.05) is 0 Å². The fraction of sp³-hybridized carbons (Fsp3) is 0.0526. The second kappa shape index (κ2) is 5.02. The molecule has 2 heterocycles. The van der Waals surface area contributed by atoms with Gasteiger partial charge in [0.1, 0.15) is 5.82 Å². The molecule has 0 fully saturated rings. The summed E-state index contributed by atoms with van der Waals surface area (Å²) in [6.07, 6.45) is 1.74. The van der Waals surface area contributed by atoms with E-state index in [2.05, 4.69) is 4.98 Å². The van der Waals surface area contributed by atoms with Crippen LogP contribution < -0.4 is 5.43 Å². The Balaban J connectivity index is 2.10. The van der Waals surface area contributed by atoms with Crippen molar-refractivity contribution in [3.63, 3.8) is 0 Å². The van der Waals surface area contributed by atoms with Gasteiger partial charge in [0.25, 0.3) is 0 Å². The molecule has 0 atom stereocenters. The first-order valence-corrected chi connectivity index (χ1v) is 7.28. The highest BCUT2D eigenvalue weighted by atomic mass is 19.1. The molecule has 4 heteroatoms. The molecule has 0 N–H and O–H groups in total. The van der Waals surface area contributed by atoms with Gasteiger partial charge in [-0.2, -0.15) is 0 Å². The van der Waals surface area contributed by atoms with Crippen LogP contribution in [0.5, 0.6) is 0 Å². The number of halogens is 1. The van der Waals surface area contributed by atoms with Crippen LogP contribution in [0, 0.1) is 5.82 Å². The summed E-state index contributed by atoms with van der Waals surface area (Å²) in [5, 5.41) is 0.968. The minimum atomic E-state index is -0.404.